The number of amides is 1. The zero-order valence-corrected chi connectivity index (χ0v) is 25.2. The lowest BCUT2D eigenvalue weighted by atomic mass is 9.78. The molecule has 1 amide bonds. The van der Waals surface area contributed by atoms with Gasteiger partial charge in [0, 0.05) is 41.1 Å². The van der Waals surface area contributed by atoms with Crippen LogP contribution in [0.5, 0.6) is 11.5 Å². The summed E-state index contributed by atoms with van der Waals surface area (Å²) in [4.78, 5) is 62.2. The molecule has 6 rings (SSSR count). The van der Waals surface area contributed by atoms with Crippen molar-refractivity contribution in [3.63, 3.8) is 0 Å². The van der Waals surface area contributed by atoms with Gasteiger partial charge in [0.2, 0.25) is 5.91 Å². The molecule has 4 aromatic rings. The van der Waals surface area contributed by atoms with E-state index in [1.807, 2.05) is 0 Å². The molecule has 1 aromatic heterocycles. The molecule has 0 bridgehead atoms. The number of ether oxygens (including phenoxy) is 3. The summed E-state index contributed by atoms with van der Waals surface area (Å²) in [6.07, 6.45) is -0.964. The monoisotopic (exact) mass is 640 g/mol. The van der Waals surface area contributed by atoms with Gasteiger partial charge < -0.3 is 28.6 Å². The fraction of sp³-hybridized carbons (Fsp3) is 0.235. The lowest BCUT2D eigenvalue weighted by molar-refractivity contribution is -0.384. The molecule has 0 radical (unpaired) electrons. The zero-order chi connectivity index (χ0) is 33.4. The molecule has 1 saturated heterocycles. The van der Waals surface area contributed by atoms with Gasteiger partial charge in [-0.15, -0.1) is 0 Å². The number of nitrogens with zero attached hydrogens (tertiary/aromatic N) is 2. The van der Waals surface area contributed by atoms with E-state index in [4.69, 9.17) is 18.6 Å². The number of esters is 2. The third-order valence-corrected chi connectivity index (χ3v) is 8.33. The van der Waals surface area contributed by atoms with Crippen molar-refractivity contribution in [2.75, 3.05) is 6.61 Å². The maximum Gasteiger partial charge on any atom is 0.363 e. The maximum atomic E-state index is 13.3. The standard InChI is InChI=1S/C34H28N2O11/c1-18-26(17-45-24-11-3-20(4-12-24)16-44-25-13-7-21-8-14-28(38)46-27(21)15-25)31(35-30(18)29(19(2)37)32(35)39)34(41)47-33(40)22-5-9-23(10-6-22)36(42)43/h3-15,18-19,29-30,37H,16-17H2,1-2H3/t18-,19+,29+,30+/m0/s1. The van der Waals surface area contributed by atoms with Crippen LogP contribution in [0.4, 0.5) is 5.69 Å². The van der Waals surface area contributed by atoms with Crippen LogP contribution < -0.4 is 15.1 Å². The van der Waals surface area contributed by atoms with Gasteiger partial charge in [0.25, 0.3) is 5.69 Å². The number of carbonyl (C=O) groups excluding carboxylic acids is 3. The second kappa shape index (κ2) is 12.5. The third-order valence-electron chi connectivity index (χ3n) is 8.33. The van der Waals surface area contributed by atoms with Crippen molar-refractivity contribution in [1.29, 1.82) is 0 Å². The van der Waals surface area contributed by atoms with Crippen molar-refractivity contribution in [2.24, 2.45) is 11.8 Å². The van der Waals surface area contributed by atoms with Crippen LogP contribution in [0.2, 0.25) is 0 Å². The average Bonchev–Trinajstić information content (AvgIpc) is 3.30. The molecule has 1 N–H and O–H groups in total. The summed E-state index contributed by atoms with van der Waals surface area (Å²) in [7, 11) is 0. The number of aliphatic hydroxyl groups is 1. The van der Waals surface area contributed by atoms with Gasteiger partial charge in [0.15, 0.2) is 0 Å². The topological polar surface area (TPSA) is 176 Å². The molecule has 47 heavy (non-hydrogen) atoms. The number of hydrogen-bond acceptors (Lipinski definition) is 11. The molecule has 2 aliphatic heterocycles. The number of benzene rings is 3. The van der Waals surface area contributed by atoms with Gasteiger partial charge >= 0.3 is 17.6 Å². The number of hydrogen-bond donors (Lipinski definition) is 1. The first-order valence-corrected chi connectivity index (χ1v) is 14.7. The van der Waals surface area contributed by atoms with Crippen molar-refractivity contribution in [3.05, 3.63) is 122 Å². The van der Waals surface area contributed by atoms with Gasteiger partial charge in [-0.05, 0) is 55.0 Å². The minimum atomic E-state index is -1.07. The first-order valence-electron chi connectivity index (χ1n) is 14.7. The Morgan fingerprint density at radius 1 is 0.936 bits per heavy atom. The highest BCUT2D eigenvalue weighted by Gasteiger charge is 2.60. The summed E-state index contributed by atoms with van der Waals surface area (Å²) in [5, 5.41) is 21.9. The predicted octanol–water partition coefficient (Wildman–Crippen LogP) is 4.15. The summed E-state index contributed by atoms with van der Waals surface area (Å²) in [6, 6.07) is 19.3. The molecule has 0 spiro atoms. The highest BCUT2D eigenvalue weighted by Crippen LogP contribution is 2.47. The number of carbonyl (C=O) groups is 3. The lowest BCUT2D eigenvalue weighted by Crippen LogP contribution is -2.63. The average molecular weight is 641 g/mol. The number of nitro benzene ring substituents is 1. The van der Waals surface area contributed by atoms with Crippen molar-refractivity contribution in [2.45, 2.75) is 32.6 Å². The molecule has 2 aliphatic rings. The van der Waals surface area contributed by atoms with Crippen LogP contribution in [0.15, 0.2) is 99.3 Å². The van der Waals surface area contributed by atoms with Gasteiger partial charge in [-0.25, -0.2) is 14.4 Å². The first kappa shape index (κ1) is 31.2. The highest BCUT2D eigenvalue weighted by atomic mass is 16.6. The lowest BCUT2D eigenvalue weighted by Gasteiger charge is -2.46. The van der Waals surface area contributed by atoms with Gasteiger partial charge in [-0.3, -0.25) is 14.9 Å². The molecule has 13 nitrogen and oxygen atoms in total. The molecule has 13 heteroatoms. The Morgan fingerprint density at radius 3 is 2.28 bits per heavy atom. The number of aliphatic hydroxyl groups excluding tert-OH is 1. The van der Waals surface area contributed by atoms with E-state index in [1.54, 1.807) is 55.5 Å². The first-order chi connectivity index (χ1) is 22.5. The molecule has 0 saturated carbocycles. The second-order valence-corrected chi connectivity index (χ2v) is 11.3. The van der Waals surface area contributed by atoms with Crippen LogP contribution in [0, 0.1) is 22.0 Å². The molecule has 1 fully saturated rings. The van der Waals surface area contributed by atoms with E-state index in [1.165, 1.54) is 30.0 Å². The molecule has 240 valence electrons. The van der Waals surface area contributed by atoms with E-state index in [9.17, 15) is 34.4 Å². The smallest absolute Gasteiger partial charge is 0.363 e. The number of β-lactam (4-membered cyclic amide) rings is 1. The van der Waals surface area contributed by atoms with E-state index in [2.05, 4.69) is 0 Å². The van der Waals surface area contributed by atoms with E-state index in [0.29, 0.717) is 22.7 Å². The minimum Gasteiger partial charge on any atom is -0.489 e. The fourth-order valence-electron chi connectivity index (χ4n) is 5.87. The Morgan fingerprint density at radius 2 is 1.60 bits per heavy atom. The van der Waals surface area contributed by atoms with Crippen LogP contribution in [0.25, 0.3) is 11.0 Å². The number of nitro groups is 1. The maximum absolute atomic E-state index is 13.3. The number of non-ortho nitro benzene ring substituents is 1. The van der Waals surface area contributed by atoms with Gasteiger partial charge in [0.1, 0.15) is 36.0 Å². The van der Waals surface area contributed by atoms with E-state index in [-0.39, 0.29) is 30.2 Å². The number of fused-ring (bicyclic) bond motifs is 2. The predicted molar refractivity (Wildman–Crippen MR) is 164 cm³/mol. The molecule has 3 heterocycles. The Labute approximate surface area is 266 Å². The summed E-state index contributed by atoms with van der Waals surface area (Å²) < 4.78 is 22.2. The highest BCUT2D eigenvalue weighted by molar-refractivity contribution is 6.06. The Balaban J connectivity index is 1.15. The normalized spacial score (nSPS) is 19.2. The van der Waals surface area contributed by atoms with Crippen molar-refractivity contribution >= 4 is 34.5 Å². The third kappa shape index (κ3) is 6.08. The largest absolute Gasteiger partial charge is 0.489 e. The SMILES string of the molecule is C[C@@H](O)[C@H]1C(=O)N2C(C(=O)OC(=O)c3ccc([N+](=O)[O-])cc3)=C(COc3ccc(COc4ccc5ccc(=O)oc5c4)cc3)[C@H](C)[C@H]12. The summed E-state index contributed by atoms with van der Waals surface area (Å²) in [5.41, 5.74) is 0.757. The van der Waals surface area contributed by atoms with Crippen molar-refractivity contribution in [1.82, 2.24) is 4.90 Å². The molecular formula is C34H28N2O11. The molecule has 4 atom stereocenters. The summed E-state index contributed by atoms with van der Waals surface area (Å²) in [6.45, 7) is 3.42. The summed E-state index contributed by atoms with van der Waals surface area (Å²) >= 11 is 0. The molecule has 0 aliphatic carbocycles. The Hall–Kier alpha value is -5.82. The molecule has 0 unspecified atom stereocenters. The van der Waals surface area contributed by atoms with Crippen molar-refractivity contribution in [3.8, 4) is 11.5 Å². The summed E-state index contributed by atoms with van der Waals surface area (Å²) in [5.74, 6) is -2.74. The van der Waals surface area contributed by atoms with Crippen LogP contribution in [-0.4, -0.2) is 51.5 Å². The quantitative estimate of drug-likeness (QED) is 0.0658. The van der Waals surface area contributed by atoms with Crippen molar-refractivity contribution < 1.29 is 43.0 Å². The zero-order valence-electron chi connectivity index (χ0n) is 25.2. The van der Waals surface area contributed by atoms with Crippen LogP contribution in [-0.2, 0) is 20.9 Å². The van der Waals surface area contributed by atoms with E-state index < -0.39 is 52.4 Å². The molecular weight excluding hydrogens is 612 g/mol. The van der Waals surface area contributed by atoms with E-state index in [0.717, 1.165) is 23.1 Å². The van der Waals surface area contributed by atoms with Crippen LogP contribution in [0.1, 0.15) is 29.8 Å². The van der Waals surface area contributed by atoms with Gasteiger partial charge in [-0.1, -0.05) is 19.1 Å². The minimum absolute atomic E-state index is 0.0852. The molecule has 3 aromatic carbocycles. The van der Waals surface area contributed by atoms with Gasteiger partial charge in [-0.2, -0.15) is 0 Å². The Bertz CT molecular complexity index is 1980. The Kier molecular flexibility index (Phi) is 8.31. The fourth-order valence-corrected chi connectivity index (χ4v) is 5.87. The van der Waals surface area contributed by atoms with Gasteiger partial charge in [0.05, 0.1) is 28.6 Å². The van der Waals surface area contributed by atoms with Crippen LogP contribution in [0.3, 0.4) is 0 Å². The number of rotatable bonds is 10. The van der Waals surface area contributed by atoms with Crippen LogP contribution >= 0.6 is 0 Å². The second-order valence-electron chi connectivity index (χ2n) is 11.3. The van der Waals surface area contributed by atoms with E-state index >= 15 is 0 Å².